The van der Waals surface area contributed by atoms with Crippen molar-refractivity contribution in [1.29, 1.82) is 0 Å². The highest BCUT2D eigenvalue weighted by Gasteiger charge is 2.39. The number of hydrogen-bond donors (Lipinski definition) is 1. The van der Waals surface area contributed by atoms with Crippen molar-refractivity contribution in [3.8, 4) is 0 Å². The number of rotatable bonds is 2. The molecule has 0 bridgehead atoms. The predicted octanol–water partition coefficient (Wildman–Crippen LogP) is 2.35. The molecule has 7 nitrogen and oxygen atoms in total. The molecule has 1 aliphatic rings. The van der Waals surface area contributed by atoms with Gasteiger partial charge in [0.1, 0.15) is 5.60 Å². The molecule has 2 heterocycles. The van der Waals surface area contributed by atoms with E-state index in [-0.39, 0.29) is 11.7 Å². The second-order valence-corrected chi connectivity index (χ2v) is 9.08. The molecule has 1 saturated heterocycles. The number of carbonyl (C=O) groups is 1. The van der Waals surface area contributed by atoms with Gasteiger partial charge in [-0.25, -0.2) is 18.2 Å². The quantitative estimate of drug-likeness (QED) is 0.896. The first-order valence-electron chi connectivity index (χ1n) is 7.83. The lowest BCUT2D eigenvalue weighted by Crippen LogP contribution is -2.36. The smallest absolute Gasteiger partial charge is 0.410 e. The molecular weight excluding hydrogens is 330 g/mol. The summed E-state index contributed by atoms with van der Waals surface area (Å²) in [5, 5.41) is -0.717. The summed E-state index contributed by atoms with van der Waals surface area (Å²) in [7, 11) is -3.63. The molecule has 1 fully saturated rings. The van der Waals surface area contributed by atoms with Gasteiger partial charge in [0.05, 0.1) is 16.3 Å². The molecule has 24 heavy (non-hydrogen) atoms. The topological polar surface area (TPSA) is 92.4 Å². The van der Waals surface area contributed by atoms with Crippen molar-refractivity contribution in [2.45, 2.75) is 43.2 Å². The van der Waals surface area contributed by atoms with Gasteiger partial charge in [0.25, 0.3) is 0 Å². The van der Waals surface area contributed by atoms with Crippen LogP contribution < -0.4 is 0 Å². The van der Waals surface area contributed by atoms with Crippen LogP contribution >= 0.6 is 0 Å². The molecule has 0 spiro atoms. The first-order valence-corrected chi connectivity index (χ1v) is 9.38. The standard InChI is InChI=1S/C16H21N3O4S/c1-16(2,3)23-15(20)19-9-8-11(10-19)24(21,22)14-17-12-6-4-5-7-13(12)18-14/h4-7,11H,8-10H2,1-3H3,(H,17,18)/t11-/m1/s1. The largest absolute Gasteiger partial charge is 0.444 e. The van der Waals surface area contributed by atoms with Gasteiger partial charge in [-0.3, -0.25) is 0 Å². The van der Waals surface area contributed by atoms with Crippen molar-refractivity contribution in [1.82, 2.24) is 14.9 Å². The predicted molar refractivity (Wildman–Crippen MR) is 89.5 cm³/mol. The Morgan fingerprint density at radius 3 is 2.71 bits per heavy atom. The van der Waals surface area contributed by atoms with E-state index in [0.717, 1.165) is 0 Å². The van der Waals surface area contributed by atoms with E-state index < -0.39 is 26.8 Å². The Kier molecular flexibility index (Phi) is 4.03. The molecule has 1 atom stereocenters. The van der Waals surface area contributed by atoms with Crippen LogP contribution in [0.25, 0.3) is 11.0 Å². The summed E-state index contributed by atoms with van der Waals surface area (Å²) in [4.78, 5) is 20.6. The zero-order valence-corrected chi connectivity index (χ0v) is 14.8. The Labute approximate surface area is 140 Å². The summed E-state index contributed by atoms with van der Waals surface area (Å²) in [6.07, 6.45) is -0.108. The Balaban J connectivity index is 1.78. The normalized spacial score (nSPS) is 19.0. The number of nitrogens with one attached hydrogen (secondary N) is 1. The number of ether oxygens (including phenoxy) is 1. The summed E-state index contributed by atoms with van der Waals surface area (Å²) >= 11 is 0. The van der Waals surface area contributed by atoms with Crippen LogP contribution in [0.3, 0.4) is 0 Å². The number of aromatic nitrogens is 2. The SMILES string of the molecule is CC(C)(C)OC(=O)N1CC[C@@H](S(=O)(=O)c2nc3ccccc3[nH]2)C1. The monoisotopic (exact) mass is 351 g/mol. The number of imidazole rings is 1. The molecule has 0 radical (unpaired) electrons. The van der Waals surface area contributed by atoms with E-state index in [0.29, 0.717) is 24.0 Å². The minimum absolute atomic E-state index is 0.0419. The highest BCUT2D eigenvalue weighted by atomic mass is 32.2. The Hall–Kier alpha value is -2.09. The summed E-state index contributed by atoms with van der Waals surface area (Å²) in [5.74, 6) is 0. The summed E-state index contributed by atoms with van der Waals surface area (Å²) in [5.41, 5.74) is 0.684. The fraction of sp³-hybridized carbons (Fsp3) is 0.500. The minimum atomic E-state index is -3.63. The highest BCUT2D eigenvalue weighted by molar-refractivity contribution is 7.91. The number of nitrogens with zero attached hydrogens (tertiary/aromatic N) is 2. The van der Waals surface area contributed by atoms with E-state index in [2.05, 4.69) is 9.97 Å². The van der Waals surface area contributed by atoms with E-state index in [1.165, 1.54) is 4.90 Å². The number of amides is 1. The molecule has 3 rings (SSSR count). The number of sulfone groups is 1. The maximum absolute atomic E-state index is 12.8. The van der Waals surface area contributed by atoms with Gasteiger partial charge in [0.2, 0.25) is 15.0 Å². The van der Waals surface area contributed by atoms with Gasteiger partial charge in [-0.05, 0) is 39.3 Å². The Bertz CT molecular complexity index is 834. The molecule has 0 unspecified atom stereocenters. The molecule has 2 aromatic rings. The van der Waals surface area contributed by atoms with Crippen LogP contribution in [0, 0.1) is 0 Å². The third kappa shape index (κ3) is 3.24. The van der Waals surface area contributed by atoms with Crippen molar-refractivity contribution < 1.29 is 17.9 Å². The van der Waals surface area contributed by atoms with Crippen LogP contribution in [0.1, 0.15) is 27.2 Å². The molecule has 1 N–H and O–H groups in total. The summed E-state index contributed by atoms with van der Waals surface area (Å²) < 4.78 is 30.9. The number of carbonyl (C=O) groups excluding carboxylic acids is 1. The molecular formula is C16H21N3O4S. The lowest BCUT2D eigenvalue weighted by atomic mass is 10.2. The lowest BCUT2D eigenvalue weighted by Gasteiger charge is -2.24. The molecule has 0 aliphatic carbocycles. The second-order valence-electron chi connectivity index (χ2n) is 6.94. The maximum atomic E-state index is 12.8. The van der Waals surface area contributed by atoms with Crippen molar-refractivity contribution in [2.24, 2.45) is 0 Å². The van der Waals surface area contributed by atoms with E-state index in [4.69, 9.17) is 4.74 Å². The highest BCUT2D eigenvalue weighted by Crippen LogP contribution is 2.25. The van der Waals surface area contributed by atoms with E-state index in [1.807, 2.05) is 6.07 Å². The molecule has 1 aromatic carbocycles. The first kappa shape index (κ1) is 16.8. The number of fused-ring (bicyclic) bond motifs is 1. The maximum Gasteiger partial charge on any atom is 0.410 e. The molecule has 130 valence electrons. The molecule has 1 amide bonds. The van der Waals surface area contributed by atoms with Gasteiger partial charge < -0.3 is 14.6 Å². The zero-order valence-electron chi connectivity index (χ0n) is 13.9. The van der Waals surface area contributed by atoms with Crippen LogP contribution in [0.5, 0.6) is 0 Å². The van der Waals surface area contributed by atoms with Crippen molar-refractivity contribution >= 4 is 27.0 Å². The Morgan fingerprint density at radius 1 is 1.33 bits per heavy atom. The molecule has 8 heteroatoms. The van der Waals surface area contributed by atoms with Gasteiger partial charge in [-0.1, -0.05) is 12.1 Å². The van der Waals surface area contributed by atoms with Crippen LogP contribution in [-0.4, -0.2) is 53.3 Å². The number of H-pyrrole nitrogens is 1. The molecule has 1 aliphatic heterocycles. The Morgan fingerprint density at radius 2 is 2.04 bits per heavy atom. The minimum Gasteiger partial charge on any atom is -0.444 e. The molecule has 1 aromatic heterocycles. The number of likely N-dealkylation sites (tertiary alicyclic amines) is 1. The van der Waals surface area contributed by atoms with Gasteiger partial charge in [-0.15, -0.1) is 0 Å². The number of para-hydroxylation sites is 2. The van der Waals surface area contributed by atoms with Crippen LogP contribution in [0.15, 0.2) is 29.4 Å². The van der Waals surface area contributed by atoms with E-state index in [9.17, 15) is 13.2 Å². The molecule has 0 saturated carbocycles. The van der Waals surface area contributed by atoms with Gasteiger partial charge in [-0.2, -0.15) is 0 Å². The fourth-order valence-corrected chi connectivity index (χ4v) is 4.28. The summed E-state index contributed by atoms with van der Waals surface area (Å²) in [6, 6.07) is 7.16. The third-order valence-electron chi connectivity index (χ3n) is 3.87. The van der Waals surface area contributed by atoms with E-state index >= 15 is 0 Å². The fourth-order valence-electron chi connectivity index (χ4n) is 2.70. The van der Waals surface area contributed by atoms with Gasteiger partial charge in [0, 0.05) is 13.1 Å². The van der Waals surface area contributed by atoms with Crippen LogP contribution in [-0.2, 0) is 14.6 Å². The van der Waals surface area contributed by atoms with Crippen molar-refractivity contribution in [2.75, 3.05) is 13.1 Å². The van der Waals surface area contributed by atoms with Gasteiger partial charge in [0.15, 0.2) is 0 Å². The second kappa shape index (κ2) is 5.77. The number of hydrogen-bond acceptors (Lipinski definition) is 5. The number of aromatic amines is 1. The van der Waals surface area contributed by atoms with E-state index in [1.54, 1.807) is 39.0 Å². The van der Waals surface area contributed by atoms with Crippen LogP contribution in [0.2, 0.25) is 0 Å². The van der Waals surface area contributed by atoms with Crippen molar-refractivity contribution in [3.63, 3.8) is 0 Å². The van der Waals surface area contributed by atoms with Gasteiger partial charge >= 0.3 is 6.09 Å². The first-order chi connectivity index (χ1) is 11.2. The average Bonchev–Trinajstić information content (AvgIpc) is 3.13. The van der Waals surface area contributed by atoms with Crippen LogP contribution in [0.4, 0.5) is 4.79 Å². The van der Waals surface area contributed by atoms with Crippen molar-refractivity contribution in [3.05, 3.63) is 24.3 Å². The lowest BCUT2D eigenvalue weighted by molar-refractivity contribution is 0.0295. The summed E-state index contributed by atoms with van der Waals surface area (Å²) in [6.45, 7) is 5.82. The number of benzene rings is 1. The average molecular weight is 351 g/mol. The zero-order chi connectivity index (χ0) is 17.5. The third-order valence-corrected chi connectivity index (χ3v) is 5.87.